The van der Waals surface area contributed by atoms with E-state index in [-0.39, 0.29) is 22.3 Å². The van der Waals surface area contributed by atoms with Crippen molar-refractivity contribution in [3.05, 3.63) is 233 Å². The molecule has 0 radical (unpaired) electrons. The predicted molar refractivity (Wildman–Crippen MR) is 429 cm³/mol. The van der Waals surface area contributed by atoms with Crippen molar-refractivity contribution < 1.29 is 8.83 Å². The van der Waals surface area contributed by atoms with Crippen molar-refractivity contribution in [2.75, 3.05) is 4.90 Å². The van der Waals surface area contributed by atoms with Crippen molar-refractivity contribution in [2.45, 2.75) is 250 Å². The molecule has 0 saturated carbocycles. The molecule has 11 aromatic rings. The van der Waals surface area contributed by atoms with Gasteiger partial charge >= 0.3 is 0 Å². The summed E-state index contributed by atoms with van der Waals surface area (Å²) in [6.45, 7) is 14.4. The molecule has 514 valence electrons. The van der Waals surface area contributed by atoms with Crippen molar-refractivity contribution >= 4 is 60.8 Å². The van der Waals surface area contributed by atoms with Crippen molar-refractivity contribution in [1.29, 1.82) is 0 Å². The number of allylic oxidation sites excluding steroid dienone is 2. The van der Waals surface area contributed by atoms with Crippen molar-refractivity contribution in [1.82, 2.24) is 0 Å². The van der Waals surface area contributed by atoms with E-state index in [0.717, 1.165) is 47.2 Å². The molecule has 4 aliphatic rings. The van der Waals surface area contributed by atoms with Gasteiger partial charge in [0.25, 0.3) is 0 Å². The number of hydrogen-bond acceptors (Lipinski definition) is 3. The van der Waals surface area contributed by atoms with E-state index in [1.165, 1.54) is 261 Å². The van der Waals surface area contributed by atoms with Crippen LogP contribution in [-0.2, 0) is 16.2 Å². The van der Waals surface area contributed by atoms with Crippen LogP contribution in [0.4, 0.5) is 11.4 Å². The molecule has 2 aromatic heterocycles. The van der Waals surface area contributed by atoms with E-state index in [9.17, 15) is 0 Å². The normalized spacial score (nSPS) is 15.8. The zero-order valence-electron chi connectivity index (χ0n) is 61.3. The van der Waals surface area contributed by atoms with Crippen LogP contribution >= 0.6 is 0 Å². The Labute approximate surface area is 598 Å². The topological polar surface area (TPSA) is 29.5 Å². The second kappa shape index (κ2) is 29.8. The Hall–Kier alpha value is -8.14. The quantitative estimate of drug-likeness (QED) is 0.0384. The van der Waals surface area contributed by atoms with Crippen LogP contribution in [0.2, 0.25) is 0 Å². The average molecular weight is 1320 g/mol. The van der Waals surface area contributed by atoms with Gasteiger partial charge in [0, 0.05) is 54.7 Å². The second-order valence-corrected chi connectivity index (χ2v) is 31.3. The molecule has 0 spiro atoms. The molecule has 2 heterocycles. The van der Waals surface area contributed by atoms with Gasteiger partial charge in [0.05, 0.1) is 6.04 Å². The monoisotopic (exact) mass is 1320 g/mol. The maximum Gasteiger partial charge on any atom is 0.143 e. The van der Waals surface area contributed by atoms with Crippen LogP contribution in [0.1, 0.15) is 261 Å². The molecule has 4 aliphatic carbocycles. The molecular formula is C97H109NO2. The SMILES string of the molecule is CCCCCCCCC1(CCCCCCCC)c2cc(N(c3ccccc3)C3C=C4C(=CC3)c3c(cc(-c5ccc(-c6ccccc6)cc5)c5oc6ccccc6c35)C4(C)C)ccc2-c2cc3c(cc21)-c1c(ccc2oc4ccccc4c12)C3(CCCCCCCC)CCCCCCCC. The first kappa shape index (κ1) is 67.7. The number of hydrogen-bond donors (Lipinski definition) is 0. The van der Waals surface area contributed by atoms with Crippen LogP contribution in [0.5, 0.6) is 0 Å². The maximum atomic E-state index is 7.05. The number of nitrogens with zero attached hydrogens (tertiary/aromatic N) is 1. The van der Waals surface area contributed by atoms with Gasteiger partial charge in [-0.1, -0.05) is 329 Å². The first-order chi connectivity index (χ1) is 49.2. The third-order valence-corrected chi connectivity index (χ3v) is 24.6. The third kappa shape index (κ3) is 12.4. The summed E-state index contributed by atoms with van der Waals surface area (Å²) in [5, 5.41) is 5.02. The van der Waals surface area contributed by atoms with Crippen LogP contribution in [0.3, 0.4) is 0 Å². The summed E-state index contributed by atoms with van der Waals surface area (Å²) in [5.41, 5.74) is 28.5. The molecule has 0 aliphatic heterocycles. The molecular weight excluding hydrogens is 1210 g/mol. The van der Waals surface area contributed by atoms with Gasteiger partial charge in [-0.3, -0.25) is 0 Å². The molecule has 0 fully saturated rings. The molecule has 0 amide bonds. The van der Waals surface area contributed by atoms with Gasteiger partial charge in [-0.2, -0.15) is 0 Å². The zero-order chi connectivity index (χ0) is 68.2. The number of benzene rings is 9. The van der Waals surface area contributed by atoms with Crippen LogP contribution in [0, 0.1) is 0 Å². The summed E-state index contributed by atoms with van der Waals surface area (Å²) >= 11 is 0. The number of para-hydroxylation sites is 3. The number of anilines is 2. The Kier molecular flexibility index (Phi) is 20.2. The Morgan fingerprint density at radius 2 is 0.840 bits per heavy atom. The van der Waals surface area contributed by atoms with Crippen LogP contribution in [0.25, 0.3) is 94.0 Å². The van der Waals surface area contributed by atoms with E-state index in [1.54, 1.807) is 22.3 Å². The van der Waals surface area contributed by atoms with Crippen molar-refractivity contribution in [2.24, 2.45) is 0 Å². The summed E-state index contributed by atoms with van der Waals surface area (Å²) in [4.78, 5) is 2.74. The van der Waals surface area contributed by atoms with E-state index in [0.29, 0.717) is 0 Å². The van der Waals surface area contributed by atoms with Gasteiger partial charge in [-0.15, -0.1) is 0 Å². The highest BCUT2D eigenvalue weighted by molar-refractivity contribution is 6.18. The number of fused-ring (bicyclic) bond motifs is 17. The minimum atomic E-state index is -0.289. The summed E-state index contributed by atoms with van der Waals surface area (Å²) in [5.74, 6) is 0. The highest BCUT2D eigenvalue weighted by Crippen LogP contribution is 2.64. The van der Waals surface area contributed by atoms with Gasteiger partial charge in [0.2, 0.25) is 0 Å². The molecule has 1 atom stereocenters. The fourth-order valence-electron chi connectivity index (χ4n) is 19.4. The fraction of sp³-hybridized carbons (Fsp3) is 0.402. The Morgan fingerprint density at radius 1 is 0.360 bits per heavy atom. The largest absolute Gasteiger partial charge is 0.456 e. The van der Waals surface area contributed by atoms with Crippen molar-refractivity contribution in [3.63, 3.8) is 0 Å². The molecule has 100 heavy (non-hydrogen) atoms. The van der Waals surface area contributed by atoms with Gasteiger partial charge in [0.1, 0.15) is 22.3 Å². The van der Waals surface area contributed by atoms with E-state index < -0.39 is 0 Å². The van der Waals surface area contributed by atoms with Gasteiger partial charge < -0.3 is 13.7 Å². The smallest absolute Gasteiger partial charge is 0.143 e. The molecule has 9 aromatic carbocycles. The lowest BCUT2D eigenvalue weighted by Gasteiger charge is -2.37. The Bertz CT molecular complexity index is 4700. The minimum absolute atomic E-state index is 0.0711. The summed E-state index contributed by atoms with van der Waals surface area (Å²) < 4.78 is 14.0. The number of rotatable bonds is 33. The zero-order valence-corrected chi connectivity index (χ0v) is 61.3. The average Bonchev–Trinajstić information content (AvgIpc) is 1.53. The van der Waals surface area contributed by atoms with E-state index >= 15 is 0 Å². The van der Waals surface area contributed by atoms with Gasteiger partial charge in [0.15, 0.2) is 0 Å². The lowest BCUT2D eigenvalue weighted by Crippen LogP contribution is -2.32. The van der Waals surface area contributed by atoms with E-state index in [2.05, 4.69) is 241 Å². The predicted octanol–water partition coefficient (Wildman–Crippen LogP) is 29.6. The molecule has 3 heteroatoms. The van der Waals surface area contributed by atoms with Gasteiger partial charge in [-0.05, 0) is 176 Å². The number of furan rings is 2. The van der Waals surface area contributed by atoms with Crippen LogP contribution in [-0.4, -0.2) is 6.04 Å². The first-order valence-electron chi connectivity index (χ1n) is 39.9. The Balaban J connectivity index is 0.889. The third-order valence-electron chi connectivity index (χ3n) is 24.6. The molecule has 3 nitrogen and oxygen atoms in total. The van der Waals surface area contributed by atoms with Gasteiger partial charge in [-0.25, -0.2) is 0 Å². The standard InChI is InChI=1S/C97H109NO2/c1-7-11-15-19-23-37-59-96(60-38-24-20-16-12-8-2)81-57-58-89-92(76-45-33-35-47-87(76)99-89)91(81)80-67-84-79(66-85(80)96)74-55-53-73(64-83(74)97(84,61-39-25-21-17-13-9-3)62-40-26-22-18-14-10-4)98(71-43-31-28-32-44-71)72-54-56-75-82(63-72)95(5,6)86-65-78(70-51-49-69(50-52-70)68-41-29-27-30-42-68)94-93(90(75)86)77-46-34-36-48-88(77)100-94/h27-36,41-53,55-58,63-67,72H,7-26,37-40,54,59-62H2,1-6H3. The van der Waals surface area contributed by atoms with Crippen LogP contribution < -0.4 is 4.90 Å². The van der Waals surface area contributed by atoms with E-state index in [1.807, 2.05) is 0 Å². The molecule has 15 rings (SSSR count). The highest BCUT2D eigenvalue weighted by Gasteiger charge is 2.50. The fourth-order valence-corrected chi connectivity index (χ4v) is 19.4. The molecule has 0 N–H and O–H groups in total. The summed E-state index contributed by atoms with van der Waals surface area (Å²) in [7, 11) is 0. The van der Waals surface area contributed by atoms with Crippen LogP contribution in [0.15, 0.2) is 209 Å². The lowest BCUT2D eigenvalue weighted by atomic mass is 9.68. The van der Waals surface area contributed by atoms with E-state index in [4.69, 9.17) is 8.83 Å². The number of unbranched alkanes of at least 4 members (excludes halogenated alkanes) is 20. The first-order valence-corrected chi connectivity index (χ1v) is 39.9. The van der Waals surface area contributed by atoms with Crippen molar-refractivity contribution in [3.8, 4) is 44.5 Å². The molecule has 1 unspecified atom stereocenters. The minimum Gasteiger partial charge on any atom is -0.456 e. The highest BCUT2D eigenvalue weighted by atomic mass is 16.3. The maximum absolute atomic E-state index is 7.05. The Morgan fingerprint density at radius 3 is 1.45 bits per heavy atom. The molecule has 0 bridgehead atoms. The molecule has 0 saturated heterocycles. The summed E-state index contributed by atoms with van der Waals surface area (Å²) in [6, 6.07) is 70.2. The lowest BCUT2D eigenvalue weighted by molar-refractivity contribution is 0.394. The summed E-state index contributed by atoms with van der Waals surface area (Å²) in [6.07, 6.45) is 42.0. The second-order valence-electron chi connectivity index (χ2n) is 31.3.